The molecule has 1 N–H and O–H groups in total. The van der Waals surface area contributed by atoms with E-state index in [1.54, 1.807) is 0 Å². The standard InChI is InChI=1S/C12H21N3/c1-4-13-12-14-9(2)8-15(12)10(3)7-11-5-6-11/h8,10-11H,4-7H2,1-3H3,(H,13,14). The number of anilines is 1. The zero-order valence-electron chi connectivity index (χ0n) is 9.95. The van der Waals surface area contributed by atoms with E-state index in [2.05, 4.69) is 41.8 Å². The van der Waals surface area contributed by atoms with E-state index in [1.807, 2.05) is 0 Å². The molecule has 1 aliphatic carbocycles. The second kappa shape index (κ2) is 4.25. The number of aromatic nitrogens is 2. The minimum absolute atomic E-state index is 0.577. The van der Waals surface area contributed by atoms with Crippen molar-refractivity contribution in [3.8, 4) is 0 Å². The average molecular weight is 207 g/mol. The molecule has 3 heteroatoms. The smallest absolute Gasteiger partial charge is 0.203 e. The molecule has 1 heterocycles. The lowest BCUT2D eigenvalue weighted by Gasteiger charge is -2.16. The first-order valence-corrected chi connectivity index (χ1v) is 6.00. The first kappa shape index (κ1) is 10.5. The van der Waals surface area contributed by atoms with E-state index in [0.717, 1.165) is 24.1 Å². The van der Waals surface area contributed by atoms with Crippen molar-refractivity contribution in [3.05, 3.63) is 11.9 Å². The molecule has 0 radical (unpaired) electrons. The van der Waals surface area contributed by atoms with Gasteiger partial charge in [0.25, 0.3) is 0 Å². The molecule has 1 saturated carbocycles. The van der Waals surface area contributed by atoms with Crippen LogP contribution in [0.25, 0.3) is 0 Å². The maximum atomic E-state index is 4.50. The van der Waals surface area contributed by atoms with Gasteiger partial charge in [0.2, 0.25) is 5.95 Å². The van der Waals surface area contributed by atoms with Crippen LogP contribution in [0.3, 0.4) is 0 Å². The lowest BCUT2D eigenvalue weighted by atomic mass is 10.1. The predicted molar refractivity (Wildman–Crippen MR) is 63.2 cm³/mol. The Kier molecular flexibility index (Phi) is 2.98. The van der Waals surface area contributed by atoms with Crippen molar-refractivity contribution in [3.63, 3.8) is 0 Å². The molecule has 0 amide bonds. The van der Waals surface area contributed by atoms with Gasteiger partial charge in [-0.3, -0.25) is 0 Å². The summed E-state index contributed by atoms with van der Waals surface area (Å²) in [7, 11) is 0. The molecule has 2 rings (SSSR count). The van der Waals surface area contributed by atoms with Crippen LogP contribution in [0.4, 0.5) is 5.95 Å². The van der Waals surface area contributed by atoms with Crippen molar-refractivity contribution in [2.75, 3.05) is 11.9 Å². The summed E-state index contributed by atoms with van der Waals surface area (Å²) in [5.41, 5.74) is 1.11. The topological polar surface area (TPSA) is 29.9 Å². The minimum atomic E-state index is 0.577. The van der Waals surface area contributed by atoms with Crippen LogP contribution in [0.1, 0.15) is 44.8 Å². The Bertz CT molecular complexity index is 326. The van der Waals surface area contributed by atoms with Crippen molar-refractivity contribution < 1.29 is 0 Å². The third-order valence-corrected chi connectivity index (χ3v) is 3.03. The summed E-state index contributed by atoms with van der Waals surface area (Å²) in [6.07, 6.45) is 6.31. The van der Waals surface area contributed by atoms with Gasteiger partial charge in [-0.1, -0.05) is 12.8 Å². The van der Waals surface area contributed by atoms with Gasteiger partial charge < -0.3 is 9.88 Å². The Balaban J connectivity index is 2.09. The Morgan fingerprint density at radius 1 is 1.60 bits per heavy atom. The molecular formula is C12H21N3. The lowest BCUT2D eigenvalue weighted by Crippen LogP contribution is -2.10. The minimum Gasteiger partial charge on any atom is -0.356 e. The van der Waals surface area contributed by atoms with Gasteiger partial charge in [-0.2, -0.15) is 0 Å². The Hall–Kier alpha value is -0.990. The second-order valence-corrected chi connectivity index (χ2v) is 4.67. The highest BCUT2D eigenvalue weighted by Crippen LogP contribution is 2.37. The SMILES string of the molecule is CCNc1nc(C)cn1C(C)CC1CC1. The second-order valence-electron chi connectivity index (χ2n) is 4.67. The Labute approximate surface area is 91.9 Å². The maximum Gasteiger partial charge on any atom is 0.203 e. The van der Waals surface area contributed by atoms with E-state index in [9.17, 15) is 0 Å². The van der Waals surface area contributed by atoms with E-state index < -0.39 is 0 Å². The summed E-state index contributed by atoms with van der Waals surface area (Å²) in [6, 6.07) is 0.577. The maximum absolute atomic E-state index is 4.50. The molecule has 84 valence electrons. The van der Waals surface area contributed by atoms with Crippen LogP contribution < -0.4 is 5.32 Å². The molecule has 1 aromatic rings. The number of nitrogens with zero attached hydrogens (tertiary/aromatic N) is 2. The van der Waals surface area contributed by atoms with Crippen LogP contribution >= 0.6 is 0 Å². The molecule has 3 nitrogen and oxygen atoms in total. The number of nitrogens with one attached hydrogen (secondary N) is 1. The number of rotatable bonds is 5. The molecule has 1 unspecified atom stereocenters. The summed E-state index contributed by atoms with van der Waals surface area (Å²) in [5, 5.41) is 3.32. The summed E-state index contributed by atoms with van der Waals surface area (Å²) in [4.78, 5) is 4.50. The predicted octanol–water partition coefficient (Wildman–Crippen LogP) is 2.98. The Morgan fingerprint density at radius 2 is 2.33 bits per heavy atom. The highest BCUT2D eigenvalue weighted by Gasteiger charge is 2.25. The zero-order valence-corrected chi connectivity index (χ0v) is 9.95. The quantitative estimate of drug-likeness (QED) is 0.804. The molecular weight excluding hydrogens is 186 g/mol. The van der Waals surface area contributed by atoms with Gasteiger partial charge in [0.15, 0.2) is 0 Å². The Morgan fingerprint density at radius 3 is 2.93 bits per heavy atom. The van der Waals surface area contributed by atoms with Gasteiger partial charge >= 0.3 is 0 Å². The number of hydrogen-bond donors (Lipinski definition) is 1. The number of imidazole rings is 1. The van der Waals surface area contributed by atoms with Crippen LogP contribution in [-0.4, -0.2) is 16.1 Å². The van der Waals surface area contributed by atoms with Crippen LogP contribution in [0.5, 0.6) is 0 Å². The van der Waals surface area contributed by atoms with E-state index in [4.69, 9.17) is 0 Å². The summed E-state index contributed by atoms with van der Waals surface area (Å²) >= 11 is 0. The van der Waals surface area contributed by atoms with Crippen molar-refractivity contribution in [2.45, 2.75) is 46.1 Å². The largest absolute Gasteiger partial charge is 0.356 e. The van der Waals surface area contributed by atoms with E-state index >= 15 is 0 Å². The average Bonchev–Trinajstić information content (AvgIpc) is 2.90. The normalized spacial score (nSPS) is 17.8. The van der Waals surface area contributed by atoms with Crippen molar-refractivity contribution in [1.29, 1.82) is 0 Å². The number of aryl methyl sites for hydroxylation is 1. The highest BCUT2D eigenvalue weighted by atomic mass is 15.2. The van der Waals surface area contributed by atoms with E-state index in [-0.39, 0.29) is 0 Å². The number of hydrogen-bond acceptors (Lipinski definition) is 2. The molecule has 1 aliphatic rings. The van der Waals surface area contributed by atoms with Crippen molar-refractivity contribution in [1.82, 2.24) is 9.55 Å². The fraction of sp³-hybridized carbons (Fsp3) is 0.750. The van der Waals surface area contributed by atoms with Crippen molar-refractivity contribution in [2.24, 2.45) is 5.92 Å². The monoisotopic (exact) mass is 207 g/mol. The molecule has 0 spiro atoms. The first-order chi connectivity index (χ1) is 7.20. The molecule has 0 aliphatic heterocycles. The van der Waals surface area contributed by atoms with Gasteiger partial charge in [-0.15, -0.1) is 0 Å². The molecule has 0 bridgehead atoms. The van der Waals surface area contributed by atoms with Crippen LogP contribution in [0.2, 0.25) is 0 Å². The third kappa shape index (κ3) is 2.52. The lowest BCUT2D eigenvalue weighted by molar-refractivity contribution is 0.480. The highest BCUT2D eigenvalue weighted by molar-refractivity contribution is 5.29. The van der Waals surface area contributed by atoms with Gasteiger partial charge in [-0.05, 0) is 33.1 Å². The molecule has 15 heavy (non-hydrogen) atoms. The fourth-order valence-corrected chi connectivity index (χ4v) is 2.09. The third-order valence-electron chi connectivity index (χ3n) is 3.03. The van der Waals surface area contributed by atoms with Gasteiger partial charge in [0, 0.05) is 18.8 Å². The fourth-order valence-electron chi connectivity index (χ4n) is 2.09. The van der Waals surface area contributed by atoms with E-state index in [0.29, 0.717) is 6.04 Å². The molecule has 1 atom stereocenters. The summed E-state index contributed by atoms with van der Waals surface area (Å²) < 4.78 is 2.29. The van der Waals surface area contributed by atoms with Gasteiger partial charge in [-0.25, -0.2) is 4.98 Å². The molecule has 1 aromatic heterocycles. The zero-order chi connectivity index (χ0) is 10.8. The molecule has 0 aromatic carbocycles. The van der Waals surface area contributed by atoms with E-state index in [1.165, 1.54) is 19.3 Å². The van der Waals surface area contributed by atoms with Gasteiger partial charge in [0.1, 0.15) is 0 Å². The molecule has 1 fully saturated rings. The van der Waals surface area contributed by atoms with Crippen LogP contribution in [-0.2, 0) is 0 Å². The first-order valence-electron chi connectivity index (χ1n) is 6.00. The summed E-state index contributed by atoms with van der Waals surface area (Å²) in [5.74, 6) is 2.00. The molecule has 0 saturated heterocycles. The van der Waals surface area contributed by atoms with Gasteiger partial charge in [0.05, 0.1) is 5.69 Å². The van der Waals surface area contributed by atoms with Crippen molar-refractivity contribution >= 4 is 5.95 Å². The van der Waals surface area contributed by atoms with Crippen LogP contribution in [0, 0.1) is 12.8 Å². The summed E-state index contributed by atoms with van der Waals surface area (Å²) in [6.45, 7) is 7.40. The van der Waals surface area contributed by atoms with Crippen LogP contribution in [0.15, 0.2) is 6.20 Å².